The van der Waals surface area contributed by atoms with Crippen molar-refractivity contribution in [2.75, 3.05) is 6.54 Å². The number of benzene rings is 2. The molecular formula is C16H16BrNO2. The number of hydrogen-bond acceptors (Lipinski definition) is 2. The molecule has 0 fully saturated rings. The molecule has 0 radical (unpaired) electrons. The van der Waals surface area contributed by atoms with Crippen molar-refractivity contribution in [3.8, 4) is 0 Å². The van der Waals surface area contributed by atoms with E-state index in [0.29, 0.717) is 5.56 Å². The Balaban J connectivity index is 1.97. The first-order valence-electron chi connectivity index (χ1n) is 6.35. The van der Waals surface area contributed by atoms with Crippen LogP contribution >= 0.6 is 15.9 Å². The monoisotopic (exact) mass is 333 g/mol. The van der Waals surface area contributed by atoms with Crippen molar-refractivity contribution in [3.05, 3.63) is 69.7 Å². The van der Waals surface area contributed by atoms with Gasteiger partial charge in [-0.2, -0.15) is 0 Å². The Morgan fingerprint density at radius 3 is 2.60 bits per heavy atom. The van der Waals surface area contributed by atoms with E-state index < -0.39 is 6.10 Å². The Hall–Kier alpha value is -1.65. The molecule has 0 aliphatic rings. The van der Waals surface area contributed by atoms with E-state index in [9.17, 15) is 9.90 Å². The highest BCUT2D eigenvalue weighted by Gasteiger charge is 2.11. The minimum atomic E-state index is -0.698. The van der Waals surface area contributed by atoms with E-state index in [1.807, 2.05) is 49.4 Å². The van der Waals surface area contributed by atoms with Gasteiger partial charge in [-0.15, -0.1) is 0 Å². The van der Waals surface area contributed by atoms with Crippen molar-refractivity contribution in [3.63, 3.8) is 0 Å². The predicted molar refractivity (Wildman–Crippen MR) is 82.6 cm³/mol. The summed E-state index contributed by atoms with van der Waals surface area (Å²) < 4.78 is 0.971. The van der Waals surface area contributed by atoms with Gasteiger partial charge in [0.25, 0.3) is 5.91 Å². The average molecular weight is 334 g/mol. The van der Waals surface area contributed by atoms with Crippen LogP contribution in [0.1, 0.15) is 27.6 Å². The molecule has 2 N–H and O–H groups in total. The third kappa shape index (κ3) is 3.68. The number of nitrogens with one attached hydrogen (secondary N) is 1. The number of rotatable bonds is 4. The summed E-state index contributed by atoms with van der Waals surface area (Å²) in [6.07, 6.45) is -0.698. The number of amides is 1. The molecule has 0 bridgehead atoms. The zero-order chi connectivity index (χ0) is 14.5. The number of aliphatic hydroxyl groups excluding tert-OH is 1. The van der Waals surface area contributed by atoms with Gasteiger partial charge >= 0.3 is 0 Å². The van der Waals surface area contributed by atoms with Crippen LogP contribution in [0, 0.1) is 6.92 Å². The van der Waals surface area contributed by atoms with Gasteiger partial charge in [-0.1, -0.05) is 46.3 Å². The first-order chi connectivity index (χ1) is 9.58. The molecule has 3 nitrogen and oxygen atoms in total. The number of carbonyl (C=O) groups excluding carboxylic acids is 1. The van der Waals surface area contributed by atoms with Crippen molar-refractivity contribution in [2.45, 2.75) is 13.0 Å². The largest absolute Gasteiger partial charge is 0.387 e. The maximum atomic E-state index is 12.0. The smallest absolute Gasteiger partial charge is 0.251 e. The second-order valence-corrected chi connectivity index (χ2v) is 5.45. The lowest BCUT2D eigenvalue weighted by molar-refractivity contribution is 0.0916. The lowest BCUT2D eigenvalue weighted by Crippen LogP contribution is -2.28. The Kier molecular flexibility index (Phi) is 4.93. The third-order valence-corrected chi connectivity index (χ3v) is 3.95. The van der Waals surface area contributed by atoms with Crippen molar-refractivity contribution in [2.24, 2.45) is 0 Å². The molecule has 0 aromatic heterocycles. The second-order valence-electron chi connectivity index (χ2n) is 4.60. The maximum absolute atomic E-state index is 12.0. The van der Waals surface area contributed by atoms with Crippen LogP contribution in [0.4, 0.5) is 0 Å². The van der Waals surface area contributed by atoms with Gasteiger partial charge in [-0.05, 0) is 36.2 Å². The van der Waals surface area contributed by atoms with Gasteiger partial charge in [-0.25, -0.2) is 0 Å². The fraction of sp³-hybridized carbons (Fsp3) is 0.188. The van der Waals surface area contributed by atoms with E-state index in [2.05, 4.69) is 21.2 Å². The highest BCUT2D eigenvalue weighted by molar-refractivity contribution is 9.10. The summed E-state index contributed by atoms with van der Waals surface area (Å²) in [5, 5.41) is 12.7. The molecule has 104 valence electrons. The normalized spacial score (nSPS) is 11.9. The Labute approximate surface area is 126 Å². The highest BCUT2D eigenvalue weighted by atomic mass is 79.9. The summed E-state index contributed by atoms with van der Waals surface area (Å²) in [7, 11) is 0. The first-order valence-corrected chi connectivity index (χ1v) is 7.14. The molecule has 0 saturated carbocycles. The third-order valence-electron chi connectivity index (χ3n) is 3.06. The minimum Gasteiger partial charge on any atom is -0.387 e. The van der Waals surface area contributed by atoms with Crippen LogP contribution in [0.25, 0.3) is 0 Å². The van der Waals surface area contributed by atoms with Gasteiger partial charge < -0.3 is 10.4 Å². The quantitative estimate of drug-likeness (QED) is 0.902. The molecule has 0 spiro atoms. The van der Waals surface area contributed by atoms with Crippen molar-refractivity contribution >= 4 is 21.8 Å². The molecule has 0 heterocycles. The van der Waals surface area contributed by atoms with Gasteiger partial charge in [0.15, 0.2) is 0 Å². The number of aryl methyl sites for hydroxylation is 1. The molecule has 2 rings (SSSR count). The molecule has 4 heteroatoms. The van der Waals surface area contributed by atoms with Gasteiger partial charge in [0.05, 0.1) is 6.10 Å². The van der Waals surface area contributed by atoms with Crippen LogP contribution in [0.3, 0.4) is 0 Å². The summed E-state index contributed by atoms with van der Waals surface area (Å²) >= 11 is 3.40. The Morgan fingerprint density at radius 2 is 1.95 bits per heavy atom. The average Bonchev–Trinajstić information content (AvgIpc) is 2.48. The molecule has 1 atom stereocenters. The predicted octanol–water partition coefficient (Wildman–Crippen LogP) is 3.22. The van der Waals surface area contributed by atoms with Crippen LogP contribution < -0.4 is 5.32 Å². The standard InChI is InChI=1S/C16H16BrNO2/c1-11-9-13(7-8-14(11)17)16(20)18-10-15(19)12-5-3-2-4-6-12/h2-9,15,19H,10H2,1H3,(H,18,20). The van der Waals surface area contributed by atoms with Gasteiger partial charge in [0.1, 0.15) is 0 Å². The Bertz CT molecular complexity index is 599. The number of aliphatic hydroxyl groups is 1. The zero-order valence-electron chi connectivity index (χ0n) is 11.1. The molecule has 1 unspecified atom stereocenters. The van der Waals surface area contributed by atoms with Crippen molar-refractivity contribution in [1.82, 2.24) is 5.32 Å². The van der Waals surface area contributed by atoms with Crippen LogP contribution in [-0.2, 0) is 0 Å². The highest BCUT2D eigenvalue weighted by Crippen LogP contribution is 2.17. The van der Waals surface area contributed by atoms with E-state index in [1.165, 1.54) is 0 Å². The van der Waals surface area contributed by atoms with Gasteiger partial charge in [-0.3, -0.25) is 4.79 Å². The molecule has 2 aromatic carbocycles. The molecule has 0 saturated heterocycles. The van der Waals surface area contributed by atoms with Crippen LogP contribution in [-0.4, -0.2) is 17.6 Å². The molecule has 20 heavy (non-hydrogen) atoms. The molecule has 0 aliphatic heterocycles. The summed E-state index contributed by atoms with van der Waals surface area (Å²) in [4.78, 5) is 12.0. The van der Waals surface area contributed by atoms with Crippen LogP contribution in [0.2, 0.25) is 0 Å². The summed E-state index contributed by atoms with van der Waals surface area (Å²) in [6, 6.07) is 14.7. The molecule has 1 amide bonds. The van der Waals surface area contributed by atoms with E-state index in [0.717, 1.165) is 15.6 Å². The lowest BCUT2D eigenvalue weighted by Gasteiger charge is -2.12. The van der Waals surface area contributed by atoms with E-state index >= 15 is 0 Å². The molecule has 0 aliphatic carbocycles. The summed E-state index contributed by atoms with van der Waals surface area (Å²) in [5.74, 6) is -0.185. The first kappa shape index (κ1) is 14.8. The number of carbonyl (C=O) groups is 1. The van der Waals surface area contributed by atoms with Crippen molar-refractivity contribution < 1.29 is 9.90 Å². The maximum Gasteiger partial charge on any atom is 0.251 e. The van der Waals surface area contributed by atoms with Crippen molar-refractivity contribution in [1.29, 1.82) is 0 Å². The molecular weight excluding hydrogens is 318 g/mol. The van der Waals surface area contributed by atoms with Gasteiger partial charge in [0.2, 0.25) is 0 Å². The Morgan fingerprint density at radius 1 is 1.25 bits per heavy atom. The summed E-state index contributed by atoms with van der Waals surface area (Å²) in [6.45, 7) is 2.12. The van der Waals surface area contributed by atoms with Gasteiger partial charge in [0, 0.05) is 16.6 Å². The topological polar surface area (TPSA) is 49.3 Å². The van der Waals surface area contributed by atoms with E-state index in [-0.39, 0.29) is 12.5 Å². The van der Waals surface area contributed by atoms with Crippen LogP contribution in [0.15, 0.2) is 53.0 Å². The van der Waals surface area contributed by atoms with Crippen LogP contribution in [0.5, 0.6) is 0 Å². The molecule has 2 aromatic rings. The lowest BCUT2D eigenvalue weighted by atomic mass is 10.1. The summed E-state index contributed by atoms with van der Waals surface area (Å²) in [5.41, 5.74) is 2.38. The second kappa shape index (κ2) is 6.68. The van der Waals surface area contributed by atoms with E-state index in [1.54, 1.807) is 6.07 Å². The fourth-order valence-corrected chi connectivity index (χ4v) is 2.12. The number of hydrogen-bond donors (Lipinski definition) is 2. The van der Waals surface area contributed by atoms with E-state index in [4.69, 9.17) is 0 Å². The number of halogens is 1. The fourth-order valence-electron chi connectivity index (χ4n) is 1.87. The SMILES string of the molecule is Cc1cc(C(=O)NCC(O)c2ccccc2)ccc1Br. The zero-order valence-corrected chi connectivity index (χ0v) is 12.7. The minimum absolute atomic E-state index is 0.185.